The van der Waals surface area contributed by atoms with Crippen LogP contribution in [0.4, 0.5) is 0 Å². The average Bonchev–Trinajstić information content (AvgIpc) is 3.33. The molecule has 0 bridgehead atoms. The first-order chi connectivity index (χ1) is 11.4. The van der Waals surface area contributed by atoms with E-state index >= 15 is 0 Å². The van der Waals surface area contributed by atoms with Gasteiger partial charge >= 0.3 is 7.60 Å². The van der Waals surface area contributed by atoms with Crippen LogP contribution < -0.4 is 0 Å². The Hall–Kier alpha value is -1.56. The van der Waals surface area contributed by atoms with Crippen molar-refractivity contribution in [3.63, 3.8) is 0 Å². The van der Waals surface area contributed by atoms with E-state index in [-0.39, 0.29) is 17.8 Å². The zero-order chi connectivity index (χ0) is 17.5. The highest BCUT2D eigenvalue weighted by Gasteiger charge is 2.34. The van der Waals surface area contributed by atoms with Crippen molar-refractivity contribution in [1.82, 2.24) is 9.97 Å². The maximum Gasteiger partial charge on any atom is 0.337 e. The number of nitrogens with zero attached hydrogens (tertiary/aromatic N) is 2. The van der Waals surface area contributed by atoms with E-state index in [1.807, 2.05) is 0 Å². The molecule has 0 N–H and O–H groups in total. The topological polar surface area (TPSA) is 91.5 Å². The first-order valence-electron chi connectivity index (χ1n) is 7.91. The van der Waals surface area contributed by atoms with Crippen LogP contribution in [0.5, 0.6) is 0 Å². The third-order valence-electron chi connectivity index (χ3n) is 4.16. The maximum atomic E-state index is 12.4. The van der Waals surface area contributed by atoms with Crippen LogP contribution >= 0.6 is 7.60 Å². The minimum absolute atomic E-state index is 0.148. The number of carbonyl (C=O) groups is 1. The SMILES string of the molecule is COP(=O)(CC(=O)c1cnc2oc(C(C)C)c(C3CC3)c2n1)OC. The highest BCUT2D eigenvalue weighted by Crippen LogP contribution is 2.48. The first kappa shape index (κ1) is 17.3. The Kier molecular flexibility index (Phi) is 4.60. The normalized spacial score (nSPS) is 15.4. The summed E-state index contributed by atoms with van der Waals surface area (Å²) in [6.07, 6.45) is 3.17. The number of furan rings is 1. The molecule has 2 aromatic rings. The molecule has 0 aromatic carbocycles. The van der Waals surface area contributed by atoms with Crippen molar-refractivity contribution in [1.29, 1.82) is 0 Å². The molecule has 0 atom stereocenters. The van der Waals surface area contributed by atoms with Crippen LogP contribution in [0.25, 0.3) is 11.2 Å². The molecule has 0 aliphatic heterocycles. The van der Waals surface area contributed by atoms with Gasteiger partial charge in [0.2, 0.25) is 5.71 Å². The molecule has 0 amide bonds. The van der Waals surface area contributed by atoms with Crippen molar-refractivity contribution in [2.45, 2.75) is 38.5 Å². The van der Waals surface area contributed by atoms with Crippen LogP contribution in [0.3, 0.4) is 0 Å². The monoisotopic (exact) mass is 352 g/mol. The van der Waals surface area contributed by atoms with E-state index in [9.17, 15) is 9.36 Å². The van der Waals surface area contributed by atoms with Crippen molar-refractivity contribution in [2.24, 2.45) is 0 Å². The van der Waals surface area contributed by atoms with Gasteiger partial charge in [0.1, 0.15) is 23.1 Å². The number of rotatable bonds is 7. The van der Waals surface area contributed by atoms with Crippen molar-refractivity contribution >= 4 is 24.6 Å². The highest BCUT2D eigenvalue weighted by molar-refractivity contribution is 7.54. The average molecular weight is 352 g/mol. The summed E-state index contributed by atoms with van der Waals surface area (Å²) in [4.78, 5) is 21.1. The molecule has 0 spiro atoms. The standard InChI is InChI=1S/C16H21N2O5P/c1-9(2)15-13(10-5-6-10)14-16(23-15)17-7-11(18-14)12(19)8-24(20,21-3)22-4/h7,9-10H,5-6,8H2,1-4H3. The second kappa shape index (κ2) is 6.39. The largest absolute Gasteiger partial charge is 0.441 e. The van der Waals surface area contributed by atoms with E-state index in [4.69, 9.17) is 13.5 Å². The van der Waals surface area contributed by atoms with Crippen LogP contribution in [-0.2, 0) is 13.6 Å². The zero-order valence-corrected chi connectivity index (χ0v) is 15.1. The third kappa shape index (κ3) is 3.16. The van der Waals surface area contributed by atoms with Crippen molar-refractivity contribution in [2.75, 3.05) is 20.4 Å². The van der Waals surface area contributed by atoms with E-state index in [1.165, 1.54) is 20.4 Å². The fourth-order valence-electron chi connectivity index (χ4n) is 2.69. The van der Waals surface area contributed by atoms with Gasteiger partial charge in [0.15, 0.2) is 5.78 Å². The second-order valence-corrected chi connectivity index (χ2v) is 8.54. The summed E-state index contributed by atoms with van der Waals surface area (Å²) >= 11 is 0. The van der Waals surface area contributed by atoms with Gasteiger partial charge in [0.25, 0.3) is 0 Å². The zero-order valence-electron chi connectivity index (χ0n) is 14.2. The number of carbonyl (C=O) groups excluding carboxylic acids is 1. The fraction of sp³-hybridized carbons (Fsp3) is 0.562. The van der Waals surface area contributed by atoms with Gasteiger partial charge in [-0.15, -0.1) is 0 Å². The Morgan fingerprint density at radius 3 is 2.58 bits per heavy atom. The molecular formula is C16H21N2O5P. The number of ketones is 1. The Balaban J connectivity index is 2.00. The van der Waals surface area contributed by atoms with E-state index in [0.717, 1.165) is 24.2 Å². The summed E-state index contributed by atoms with van der Waals surface area (Å²) < 4.78 is 27.6. The molecule has 24 heavy (non-hydrogen) atoms. The van der Waals surface area contributed by atoms with E-state index in [0.29, 0.717) is 17.1 Å². The molecule has 2 heterocycles. The van der Waals surface area contributed by atoms with Crippen molar-refractivity contribution < 1.29 is 22.8 Å². The Morgan fingerprint density at radius 2 is 2.04 bits per heavy atom. The van der Waals surface area contributed by atoms with Gasteiger partial charge in [-0.2, -0.15) is 0 Å². The van der Waals surface area contributed by atoms with Crippen LogP contribution in [0.1, 0.15) is 60.3 Å². The van der Waals surface area contributed by atoms with Gasteiger partial charge in [-0.25, -0.2) is 9.97 Å². The fourth-order valence-corrected chi connectivity index (χ4v) is 3.62. The minimum atomic E-state index is -3.43. The molecule has 1 fully saturated rings. The van der Waals surface area contributed by atoms with Crippen LogP contribution in [0.15, 0.2) is 10.6 Å². The summed E-state index contributed by atoms with van der Waals surface area (Å²) in [6, 6.07) is 0. The Labute approximate surface area is 140 Å². The lowest BCUT2D eigenvalue weighted by atomic mass is 10.0. The van der Waals surface area contributed by atoms with Gasteiger partial charge in [-0.3, -0.25) is 9.36 Å². The van der Waals surface area contributed by atoms with Crippen LogP contribution in [-0.4, -0.2) is 36.1 Å². The summed E-state index contributed by atoms with van der Waals surface area (Å²) in [6.45, 7) is 4.12. The minimum Gasteiger partial charge on any atom is -0.441 e. The van der Waals surface area contributed by atoms with E-state index in [2.05, 4.69) is 23.8 Å². The smallest absolute Gasteiger partial charge is 0.337 e. The lowest BCUT2D eigenvalue weighted by molar-refractivity contribution is 0.100. The number of Topliss-reactive ketones (excluding diaryl/α,β-unsaturated/α-hetero) is 1. The second-order valence-electron chi connectivity index (χ2n) is 6.28. The molecule has 2 aromatic heterocycles. The van der Waals surface area contributed by atoms with Gasteiger partial charge in [0.05, 0.1) is 6.20 Å². The molecular weight excluding hydrogens is 331 g/mol. The van der Waals surface area contributed by atoms with Gasteiger partial charge in [-0.1, -0.05) is 13.8 Å². The van der Waals surface area contributed by atoms with E-state index < -0.39 is 13.4 Å². The molecule has 3 rings (SSSR count). The van der Waals surface area contributed by atoms with Gasteiger partial charge in [0, 0.05) is 25.7 Å². The molecule has 8 heteroatoms. The number of aromatic nitrogens is 2. The summed E-state index contributed by atoms with van der Waals surface area (Å²) in [5.74, 6) is 1.10. The quantitative estimate of drug-likeness (QED) is 0.551. The lowest BCUT2D eigenvalue weighted by Gasteiger charge is -2.11. The van der Waals surface area contributed by atoms with Crippen molar-refractivity contribution in [3.05, 3.63) is 23.2 Å². The Bertz CT molecular complexity index is 817. The first-order valence-corrected chi connectivity index (χ1v) is 9.64. The molecule has 1 aliphatic rings. The maximum absolute atomic E-state index is 12.4. The molecule has 0 unspecified atom stereocenters. The van der Waals surface area contributed by atoms with Crippen molar-refractivity contribution in [3.8, 4) is 0 Å². The number of hydrogen-bond donors (Lipinski definition) is 0. The summed E-state index contributed by atoms with van der Waals surface area (Å²) in [5, 5.41) is 0. The molecule has 0 radical (unpaired) electrons. The van der Waals surface area contributed by atoms with E-state index in [1.54, 1.807) is 0 Å². The van der Waals surface area contributed by atoms with Gasteiger partial charge < -0.3 is 13.5 Å². The predicted molar refractivity (Wildman–Crippen MR) is 88.7 cm³/mol. The molecule has 1 aliphatic carbocycles. The summed E-state index contributed by atoms with van der Waals surface area (Å²) in [7, 11) is -0.928. The molecule has 1 saturated carbocycles. The van der Waals surface area contributed by atoms with Gasteiger partial charge in [-0.05, 0) is 18.8 Å². The molecule has 130 valence electrons. The Morgan fingerprint density at radius 1 is 1.38 bits per heavy atom. The predicted octanol–water partition coefficient (Wildman–Crippen LogP) is 3.89. The van der Waals surface area contributed by atoms with Crippen LogP contribution in [0.2, 0.25) is 0 Å². The highest BCUT2D eigenvalue weighted by atomic mass is 31.2. The summed E-state index contributed by atoms with van der Waals surface area (Å²) in [5.41, 5.74) is 2.29. The lowest BCUT2D eigenvalue weighted by Crippen LogP contribution is -2.10. The third-order valence-corrected chi connectivity index (χ3v) is 5.94. The molecule has 0 saturated heterocycles. The number of fused-ring (bicyclic) bond motifs is 1. The molecule has 7 nitrogen and oxygen atoms in total. The number of hydrogen-bond acceptors (Lipinski definition) is 7. The van der Waals surface area contributed by atoms with Crippen LogP contribution in [0, 0.1) is 0 Å².